The van der Waals surface area contributed by atoms with E-state index in [9.17, 15) is 29.4 Å². The largest absolute Gasteiger partial charge is 0.491 e. The Morgan fingerprint density at radius 1 is 0.696 bits per heavy atom. The Morgan fingerprint density at radius 3 is 1.52 bits per heavy atom. The van der Waals surface area contributed by atoms with Gasteiger partial charge in [0.2, 0.25) is 0 Å². The molecule has 0 fully saturated rings. The van der Waals surface area contributed by atoms with Crippen molar-refractivity contribution >= 4 is 23.8 Å². The fraction of sp³-hybridized carbons (Fsp3) is 0.486. The lowest BCUT2D eigenvalue weighted by molar-refractivity contribution is -0.153. The fourth-order valence-electron chi connectivity index (χ4n) is 4.81. The highest BCUT2D eigenvalue weighted by molar-refractivity contribution is 6.13. The molecule has 4 unspecified atom stereocenters. The average Bonchev–Trinajstić information content (AvgIpc) is 3.37. The lowest BCUT2D eigenvalue weighted by atomic mass is 9.78. The molecule has 1 aliphatic rings. The number of hydrogen-bond acceptors (Lipinski definition) is 10. The van der Waals surface area contributed by atoms with Crippen LogP contribution in [0.5, 0.6) is 11.5 Å². The molecule has 2 amide bonds. The van der Waals surface area contributed by atoms with Gasteiger partial charge in [0.25, 0.3) is 11.8 Å². The van der Waals surface area contributed by atoms with Gasteiger partial charge in [0.1, 0.15) is 50.1 Å². The van der Waals surface area contributed by atoms with Gasteiger partial charge in [-0.05, 0) is 48.7 Å². The summed E-state index contributed by atoms with van der Waals surface area (Å²) in [7, 11) is 0. The van der Waals surface area contributed by atoms with Crippen LogP contribution in [0.4, 0.5) is 0 Å². The van der Waals surface area contributed by atoms with Gasteiger partial charge in [0, 0.05) is 23.6 Å². The first-order chi connectivity index (χ1) is 21.7. The predicted octanol–water partition coefficient (Wildman–Crippen LogP) is 3.57. The first-order valence-corrected chi connectivity index (χ1v) is 15.4. The van der Waals surface area contributed by atoms with Crippen LogP contribution in [0.15, 0.2) is 60.7 Å². The maximum atomic E-state index is 12.4. The molecular weight excluding hydrogens is 594 g/mol. The van der Waals surface area contributed by atoms with Crippen LogP contribution in [0.1, 0.15) is 59.1 Å². The van der Waals surface area contributed by atoms with E-state index in [1.165, 1.54) is 12.2 Å². The zero-order chi connectivity index (χ0) is 34.0. The van der Waals surface area contributed by atoms with Gasteiger partial charge >= 0.3 is 11.9 Å². The third kappa shape index (κ3) is 10.1. The summed E-state index contributed by atoms with van der Waals surface area (Å²) in [5, 5.41) is 20.3. The minimum absolute atomic E-state index is 0.00555. The predicted molar refractivity (Wildman–Crippen MR) is 169 cm³/mol. The van der Waals surface area contributed by atoms with Crippen LogP contribution >= 0.6 is 0 Å². The highest BCUT2D eigenvalue weighted by atomic mass is 16.6. The number of aliphatic hydroxyl groups excluding tert-OH is 2. The number of carbonyl (C=O) groups excluding carboxylic acids is 4. The second kappa shape index (κ2) is 16.4. The third-order valence-corrected chi connectivity index (χ3v) is 7.73. The zero-order valence-corrected chi connectivity index (χ0v) is 27.3. The van der Waals surface area contributed by atoms with Gasteiger partial charge in [0.15, 0.2) is 0 Å². The molecule has 0 aromatic heterocycles. The molecule has 46 heavy (non-hydrogen) atoms. The molecule has 2 aromatic carbocycles. The molecule has 3 rings (SSSR count). The van der Waals surface area contributed by atoms with Gasteiger partial charge in [-0.25, -0.2) is 0 Å². The molecule has 1 heterocycles. The Labute approximate surface area is 270 Å². The lowest BCUT2D eigenvalue weighted by Crippen LogP contribution is -2.40. The number of imide groups is 1. The average molecular weight is 640 g/mol. The Hall–Kier alpha value is -4.22. The molecule has 11 heteroatoms. The monoisotopic (exact) mass is 639 g/mol. The standard InChI is InChI=1S/C35H45NO10/c1-22(2)33(41)45-20-27(37)18-43-29-11-7-25(8-12-29)35(5,6)26-9-13-30(14-10-26)44-19-28(38)21-46-34(42)23(3)17-24(4)36-31(39)15-16-32(36)40/h7-16,22-24,27-28,37-38H,17-21H2,1-6H3. The van der Waals surface area contributed by atoms with E-state index in [-0.39, 0.29) is 50.2 Å². The Balaban J connectivity index is 1.42. The van der Waals surface area contributed by atoms with Gasteiger partial charge in [0.05, 0.1) is 11.8 Å². The number of ether oxygens (including phenoxy) is 4. The third-order valence-electron chi connectivity index (χ3n) is 7.73. The summed E-state index contributed by atoms with van der Waals surface area (Å²) in [4.78, 5) is 48.8. The molecule has 2 N–H and O–H groups in total. The normalized spacial score (nSPS) is 15.8. The fourth-order valence-corrected chi connectivity index (χ4v) is 4.81. The van der Waals surface area contributed by atoms with Gasteiger partial charge in [-0.3, -0.25) is 24.1 Å². The van der Waals surface area contributed by atoms with E-state index in [0.717, 1.165) is 16.0 Å². The molecular formula is C35H45NO10. The van der Waals surface area contributed by atoms with E-state index < -0.39 is 42.0 Å². The summed E-state index contributed by atoms with van der Waals surface area (Å²) < 4.78 is 21.6. The summed E-state index contributed by atoms with van der Waals surface area (Å²) in [6.45, 7) is 10.5. The van der Waals surface area contributed by atoms with Crippen LogP contribution < -0.4 is 9.47 Å². The summed E-state index contributed by atoms with van der Waals surface area (Å²) in [6, 6.07) is 14.6. The molecule has 0 spiro atoms. The number of hydrogen-bond donors (Lipinski definition) is 2. The highest BCUT2D eigenvalue weighted by Gasteiger charge is 2.31. The molecule has 0 saturated carbocycles. The molecule has 0 bridgehead atoms. The summed E-state index contributed by atoms with van der Waals surface area (Å²) in [6.07, 6.45) is 0.674. The van der Waals surface area contributed by atoms with Crippen LogP contribution in [0.2, 0.25) is 0 Å². The number of amides is 2. The molecule has 1 aliphatic heterocycles. The van der Waals surface area contributed by atoms with Crippen molar-refractivity contribution in [3.63, 3.8) is 0 Å². The molecule has 250 valence electrons. The number of carbonyl (C=O) groups is 4. The minimum Gasteiger partial charge on any atom is -0.491 e. The number of nitrogens with zero attached hydrogens (tertiary/aromatic N) is 1. The van der Waals surface area contributed by atoms with E-state index in [4.69, 9.17) is 18.9 Å². The molecule has 11 nitrogen and oxygen atoms in total. The van der Waals surface area contributed by atoms with Crippen molar-refractivity contribution in [3.05, 3.63) is 71.8 Å². The van der Waals surface area contributed by atoms with Crippen LogP contribution in [-0.2, 0) is 34.1 Å². The van der Waals surface area contributed by atoms with E-state index >= 15 is 0 Å². The number of aliphatic hydroxyl groups is 2. The minimum atomic E-state index is -1.05. The first kappa shape index (κ1) is 36.3. The second-order valence-electron chi connectivity index (χ2n) is 12.4. The zero-order valence-electron chi connectivity index (χ0n) is 27.3. The van der Waals surface area contributed by atoms with E-state index in [1.807, 2.05) is 36.4 Å². The van der Waals surface area contributed by atoms with Crippen LogP contribution in [0, 0.1) is 11.8 Å². The Kier molecular flexibility index (Phi) is 12.9. The van der Waals surface area contributed by atoms with Crippen molar-refractivity contribution < 1.29 is 48.3 Å². The summed E-state index contributed by atoms with van der Waals surface area (Å²) >= 11 is 0. The van der Waals surface area contributed by atoms with Gasteiger partial charge in [-0.2, -0.15) is 0 Å². The number of benzene rings is 2. The molecule has 0 saturated heterocycles. The van der Waals surface area contributed by atoms with Crippen molar-refractivity contribution in [1.82, 2.24) is 4.90 Å². The quantitative estimate of drug-likeness (QED) is 0.194. The van der Waals surface area contributed by atoms with Crippen LogP contribution in [-0.4, -0.2) is 83.5 Å². The van der Waals surface area contributed by atoms with Crippen LogP contribution in [0.25, 0.3) is 0 Å². The molecule has 2 aromatic rings. The molecule has 0 aliphatic carbocycles. The van der Waals surface area contributed by atoms with Crippen LogP contribution in [0.3, 0.4) is 0 Å². The van der Waals surface area contributed by atoms with E-state index in [0.29, 0.717) is 11.5 Å². The van der Waals surface area contributed by atoms with E-state index in [2.05, 4.69) is 13.8 Å². The van der Waals surface area contributed by atoms with Gasteiger partial charge in [-0.15, -0.1) is 0 Å². The van der Waals surface area contributed by atoms with Gasteiger partial charge < -0.3 is 29.2 Å². The maximum absolute atomic E-state index is 12.4. The van der Waals surface area contributed by atoms with Gasteiger partial charge in [-0.1, -0.05) is 58.9 Å². The Morgan fingerprint density at radius 2 is 1.11 bits per heavy atom. The topological polar surface area (TPSA) is 149 Å². The summed E-state index contributed by atoms with van der Waals surface area (Å²) in [5.41, 5.74) is 1.72. The van der Waals surface area contributed by atoms with Crippen molar-refractivity contribution in [1.29, 1.82) is 0 Å². The van der Waals surface area contributed by atoms with E-state index in [1.54, 1.807) is 39.8 Å². The van der Waals surface area contributed by atoms with Crippen molar-refractivity contribution in [2.24, 2.45) is 11.8 Å². The first-order valence-electron chi connectivity index (χ1n) is 15.4. The summed E-state index contributed by atoms with van der Waals surface area (Å²) in [5.74, 6) is -1.42. The van der Waals surface area contributed by atoms with Crippen molar-refractivity contribution in [2.45, 2.75) is 71.6 Å². The second-order valence-corrected chi connectivity index (χ2v) is 12.4. The van der Waals surface area contributed by atoms with Crippen molar-refractivity contribution in [3.8, 4) is 11.5 Å². The SMILES string of the molecule is CC(C)C(=O)OCC(O)COc1ccc(C(C)(C)c2ccc(OCC(O)COC(=O)C(C)CC(C)N3C(=O)C=CC3=O)cc2)cc1. The highest BCUT2D eigenvalue weighted by Crippen LogP contribution is 2.33. The number of esters is 2. The smallest absolute Gasteiger partial charge is 0.308 e. The number of rotatable bonds is 17. The molecule has 4 atom stereocenters. The van der Waals surface area contributed by atoms with Crippen molar-refractivity contribution in [2.75, 3.05) is 26.4 Å². The molecule has 0 radical (unpaired) electrons. The Bertz CT molecular complexity index is 1350. The lowest BCUT2D eigenvalue weighted by Gasteiger charge is -2.26. The maximum Gasteiger partial charge on any atom is 0.308 e.